The van der Waals surface area contributed by atoms with Crippen LogP contribution in [0.25, 0.3) is 11.3 Å². The van der Waals surface area contributed by atoms with Gasteiger partial charge in [-0.1, -0.05) is 43.2 Å². The van der Waals surface area contributed by atoms with Crippen LogP contribution >= 0.6 is 0 Å². The second kappa shape index (κ2) is 19.4. The first kappa shape index (κ1) is 40.9. The predicted octanol–water partition coefficient (Wildman–Crippen LogP) is 5.12. The topological polar surface area (TPSA) is 138 Å². The molecule has 56 heavy (non-hydrogen) atoms. The second-order valence-electron chi connectivity index (χ2n) is 14.7. The van der Waals surface area contributed by atoms with Gasteiger partial charge in [-0.15, -0.1) is 0 Å². The average molecular weight is 781 g/mol. The summed E-state index contributed by atoms with van der Waals surface area (Å²) in [5.41, 5.74) is 1.07. The number of aliphatic hydroxyl groups excluding tert-OH is 1. The average Bonchev–Trinajstić information content (AvgIpc) is 3.89. The molecule has 4 heterocycles. The SMILES string of the molecule is C[C@H](OC(=O)NCCCCCCN1C(=O)C=CC1O)C(=O)N(C[C@@H]1CNC[C@@H]1F)[C@@H](c1nc(-c2cc(F)ccc2F)cn1Cc1ccccc1)C1CCOCC1. The molecule has 15 heteroatoms. The molecule has 12 nitrogen and oxygen atoms in total. The Labute approximate surface area is 325 Å². The fraction of sp³-hybridized carbons (Fsp3) is 0.512. The molecule has 2 fully saturated rings. The van der Waals surface area contributed by atoms with Crippen molar-refractivity contribution in [3.05, 3.63) is 89.9 Å². The molecule has 0 bridgehead atoms. The van der Waals surface area contributed by atoms with Gasteiger partial charge in [-0.25, -0.2) is 22.9 Å². The highest BCUT2D eigenvalue weighted by atomic mass is 19.1. The Morgan fingerprint density at radius 2 is 1.86 bits per heavy atom. The number of imidazole rings is 1. The van der Waals surface area contributed by atoms with E-state index in [9.17, 15) is 23.9 Å². The number of benzene rings is 2. The van der Waals surface area contributed by atoms with Gasteiger partial charge in [-0.3, -0.25) is 9.59 Å². The maximum atomic E-state index is 15.3. The molecule has 6 rings (SSSR count). The molecular formula is C41H51F3N6O6. The van der Waals surface area contributed by atoms with Crippen LogP contribution in [0.5, 0.6) is 0 Å². The lowest BCUT2D eigenvalue weighted by Crippen LogP contribution is -2.49. The molecule has 0 saturated carbocycles. The largest absolute Gasteiger partial charge is 0.436 e. The van der Waals surface area contributed by atoms with Crippen molar-refractivity contribution in [1.29, 1.82) is 0 Å². The number of ether oxygens (including phenoxy) is 2. The van der Waals surface area contributed by atoms with Crippen LogP contribution in [-0.2, 0) is 25.6 Å². The van der Waals surface area contributed by atoms with Crippen LogP contribution in [0.4, 0.5) is 18.0 Å². The number of unbranched alkanes of at least 4 members (excludes halogenated alkanes) is 3. The van der Waals surface area contributed by atoms with Crippen LogP contribution < -0.4 is 10.6 Å². The Morgan fingerprint density at radius 3 is 2.57 bits per heavy atom. The molecule has 0 aliphatic carbocycles. The van der Waals surface area contributed by atoms with E-state index in [-0.39, 0.29) is 36.2 Å². The minimum absolute atomic E-state index is 0.00230. The van der Waals surface area contributed by atoms with Crippen molar-refractivity contribution in [2.24, 2.45) is 11.8 Å². The van der Waals surface area contributed by atoms with Crippen molar-refractivity contribution in [2.75, 3.05) is 45.9 Å². The monoisotopic (exact) mass is 780 g/mol. The summed E-state index contributed by atoms with van der Waals surface area (Å²) in [5, 5.41) is 15.6. The van der Waals surface area contributed by atoms with E-state index in [1.165, 1.54) is 24.0 Å². The molecule has 3 N–H and O–H groups in total. The van der Waals surface area contributed by atoms with Crippen LogP contribution in [0.2, 0.25) is 0 Å². The minimum atomic E-state index is -1.25. The van der Waals surface area contributed by atoms with E-state index in [0.717, 1.165) is 36.6 Å². The van der Waals surface area contributed by atoms with E-state index < -0.39 is 54.1 Å². The summed E-state index contributed by atoms with van der Waals surface area (Å²) >= 11 is 0. The number of halogens is 3. The zero-order chi connectivity index (χ0) is 39.6. The molecule has 3 aliphatic rings. The van der Waals surface area contributed by atoms with Gasteiger partial charge in [0.2, 0.25) is 5.91 Å². The molecule has 2 aromatic carbocycles. The molecule has 5 atom stereocenters. The number of nitrogens with one attached hydrogen (secondary N) is 2. The lowest BCUT2D eigenvalue weighted by molar-refractivity contribution is -0.145. The number of carbonyl (C=O) groups is 3. The number of nitrogens with zero attached hydrogens (tertiary/aromatic N) is 4. The molecule has 1 unspecified atom stereocenters. The van der Waals surface area contributed by atoms with Crippen LogP contribution in [0, 0.1) is 23.5 Å². The molecule has 0 radical (unpaired) electrons. The van der Waals surface area contributed by atoms with Gasteiger partial charge < -0.3 is 39.6 Å². The van der Waals surface area contributed by atoms with Crippen molar-refractivity contribution in [1.82, 2.24) is 30.0 Å². The Morgan fingerprint density at radius 1 is 1.09 bits per heavy atom. The molecule has 2 saturated heterocycles. The molecule has 0 spiro atoms. The molecular weight excluding hydrogens is 729 g/mol. The van der Waals surface area contributed by atoms with Gasteiger partial charge in [0.25, 0.3) is 5.91 Å². The molecule has 1 aromatic heterocycles. The summed E-state index contributed by atoms with van der Waals surface area (Å²) in [6, 6.07) is 12.0. The van der Waals surface area contributed by atoms with Crippen molar-refractivity contribution in [3.8, 4) is 11.3 Å². The summed E-state index contributed by atoms with van der Waals surface area (Å²) in [7, 11) is 0. The quantitative estimate of drug-likeness (QED) is 0.161. The van der Waals surface area contributed by atoms with E-state index in [1.54, 1.807) is 11.1 Å². The summed E-state index contributed by atoms with van der Waals surface area (Å²) in [6.07, 6.45) is 4.31. The summed E-state index contributed by atoms with van der Waals surface area (Å²) in [5.74, 6) is -2.36. The fourth-order valence-electron chi connectivity index (χ4n) is 7.68. The molecule has 302 valence electrons. The van der Waals surface area contributed by atoms with Gasteiger partial charge in [0.1, 0.15) is 29.9 Å². The van der Waals surface area contributed by atoms with Gasteiger partial charge in [0.05, 0.1) is 11.7 Å². The third-order valence-electron chi connectivity index (χ3n) is 10.7. The van der Waals surface area contributed by atoms with Gasteiger partial charge in [0.15, 0.2) is 6.10 Å². The van der Waals surface area contributed by atoms with Crippen molar-refractivity contribution in [3.63, 3.8) is 0 Å². The van der Waals surface area contributed by atoms with Crippen LogP contribution in [0.1, 0.15) is 62.9 Å². The fourth-order valence-corrected chi connectivity index (χ4v) is 7.68. The highest BCUT2D eigenvalue weighted by Gasteiger charge is 2.42. The number of carbonyl (C=O) groups excluding carboxylic acids is 3. The van der Waals surface area contributed by atoms with E-state index in [0.29, 0.717) is 70.9 Å². The van der Waals surface area contributed by atoms with Crippen LogP contribution in [-0.4, -0.2) is 107 Å². The van der Waals surface area contributed by atoms with Gasteiger partial charge in [-0.05, 0) is 68.4 Å². The number of hydrogen-bond donors (Lipinski definition) is 3. The van der Waals surface area contributed by atoms with E-state index in [2.05, 4.69) is 10.6 Å². The Hall–Kier alpha value is -4.73. The van der Waals surface area contributed by atoms with E-state index in [1.807, 2.05) is 34.9 Å². The Kier molecular flexibility index (Phi) is 14.2. The zero-order valence-electron chi connectivity index (χ0n) is 31.6. The molecule has 3 aliphatic heterocycles. The lowest BCUT2D eigenvalue weighted by atomic mass is 9.88. The van der Waals surface area contributed by atoms with Gasteiger partial charge >= 0.3 is 6.09 Å². The standard InChI is InChI=1S/C41H51F3N6O6/c1-27(56-41(54)46-17-7-2-3-8-18-49-36(51)13-14-37(49)52)40(53)50(25-30-22-45-23-34(30)44)38(29-15-19-55-20-16-29)39-47-35(32-21-31(42)11-12-33(32)43)26-48(39)24-28-9-5-4-6-10-28/h4-6,9-14,21,26-27,29-30,34,36,38,45,51H,2-3,7-8,15-20,22-25H2,1H3,(H,46,54)/t27-,30-,34-,36?,38+/m0/s1. The maximum Gasteiger partial charge on any atom is 0.407 e. The minimum Gasteiger partial charge on any atom is -0.436 e. The predicted molar refractivity (Wildman–Crippen MR) is 202 cm³/mol. The summed E-state index contributed by atoms with van der Waals surface area (Å²) < 4.78 is 58.2. The van der Waals surface area contributed by atoms with Crippen molar-refractivity contribution >= 4 is 17.9 Å². The number of amides is 3. The number of rotatable bonds is 17. The normalized spacial score (nSPS) is 21.0. The highest BCUT2D eigenvalue weighted by molar-refractivity contribution is 5.90. The van der Waals surface area contributed by atoms with Crippen LogP contribution in [0.15, 0.2) is 66.9 Å². The number of alkyl carbamates (subject to hydrolysis) is 1. The van der Waals surface area contributed by atoms with Crippen molar-refractivity contribution < 1.29 is 42.1 Å². The number of hydrogen-bond acceptors (Lipinski definition) is 8. The van der Waals surface area contributed by atoms with E-state index in [4.69, 9.17) is 14.5 Å². The van der Waals surface area contributed by atoms with Gasteiger partial charge in [-0.2, -0.15) is 0 Å². The van der Waals surface area contributed by atoms with Crippen LogP contribution in [0.3, 0.4) is 0 Å². The molecule has 3 amide bonds. The third kappa shape index (κ3) is 10.4. The summed E-state index contributed by atoms with van der Waals surface area (Å²) in [4.78, 5) is 47.3. The van der Waals surface area contributed by atoms with Crippen molar-refractivity contribution in [2.45, 2.75) is 76.5 Å². The first-order valence-electron chi connectivity index (χ1n) is 19.5. The third-order valence-corrected chi connectivity index (χ3v) is 10.7. The number of aliphatic hydroxyl groups is 1. The summed E-state index contributed by atoms with van der Waals surface area (Å²) in [6.45, 7) is 3.87. The number of alkyl halides is 1. The first-order chi connectivity index (χ1) is 27.1. The maximum absolute atomic E-state index is 15.3. The Bertz CT molecular complexity index is 1820. The lowest BCUT2D eigenvalue weighted by Gasteiger charge is -2.40. The zero-order valence-corrected chi connectivity index (χ0v) is 31.6. The first-order valence-corrected chi connectivity index (χ1v) is 19.5. The number of aromatic nitrogens is 2. The van der Waals surface area contributed by atoms with Gasteiger partial charge in [0, 0.05) is 76.2 Å². The second-order valence-corrected chi connectivity index (χ2v) is 14.7. The van der Waals surface area contributed by atoms with E-state index >= 15 is 8.78 Å². The highest BCUT2D eigenvalue weighted by Crippen LogP contribution is 2.38. The Balaban J connectivity index is 1.22. The smallest absolute Gasteiger partial charge is 0.407 e. The molecule has 3 aromatic rings.